The van der Waals surface area contributed by atoms with E-state index < -0.39 is 9.84 Å². The van der Waals surface area contributed by atoms with E-state index in [2.05, 4.69) is 0 Å². The van der Waals surface area contributed by atoms with E-state index in [0.717, 1.165) is 24.9 Å². The third kappa shape index (κ3) is 2.53. The van der Waals surface area contributed by atoms with Crippen LogP contribution in [0.1, 0.15) is 6.42 Å². The zero-order valence-electron chi connectivity index (χ0n) is 9.63. The largest absolute Gasteiger partial charge is 0.398 e. The first kappa shape index (κ1) is 12.2. The number of sulfone groups is 1. The van der Waals surface area contributed by atoms with E-state index in [1.165, 1.54) is 6.07 Å². The highest BCUT2D eigenvalue weighted by atomic mass is 32.2. The van der Waals surface area contributed by atoms with Crippen molar-refractivity contribution in [3.63, 3.8) is 0 Å². The van der Waals surface area contributed by atoms with E-state index in [1.54, 1.807) is 12.1 Å². The first-order valence-corrected chi connectivity index (χ1v) is 7.29. The smallest absolute Gasteiger partial charge is 0.177 e. The van der Waals surface area contributed by atoms with Crippen molar-refractivity contribution in [3.05, 3.63) is 18.2 Å². The minimum atomic E-state index is -3.28. The van der Waals surface area contributed by atoms with Crippen LogP contribution in [0.4, 0.5) is 11.4 Å². The Bertz CT molecular complexity index is 528. The van der Waals surface area contributed by atoms with Gasteiger partial charge >= 0.3 is 0 Å². The van der Waals surface area contributed by atoms with E-state index in [0.29, 0.717) is 6.54 Å². The summed E-state index contributed by atoms with van der Waals surface area (Å²) in [6.07, 6.45) is 1.55. The molecule has 1 saturated heterocycles. The van der Waals surface area contributed by atoms with Gasteiger partial charge in [-0.25, -0.2) is 8.42 Å². The fourth-order valence-corrected chi connectivity index (χ4v) is 2.85. The van der Waals surface area contributed by atoms with Crippen LogP contribution in [0.3, 0.4) is 0 Å². The Morgan fingerprint density at radius 3 is 2.65 bits per heavy atom. The van der Waals surface area contributed by atoms with Crippen LogP contribution in [0.15, 0.2) is 23.1 Å². The molecule has 0 radical (unpaired) electrons. The number of hydrogen-bond acceptors (Lipinski definition) is 5. The summed E-state index contributed by atoms with van der Waals surface area (Å²) in [5.74, 6) is 0. The molecule has 0 unspecified atom stereocenters. The quantitative estimate of drug-likeness (QED) is 0.741. The molecule has 6 heteroatoms. The maximum absolute atomic E-state index is 11.4. The molecule has 0 aliphatic carbocycles. The van der Waals surface area contributed by atoms with Gasteiger partial charge in [0.1, 0.15) is 0 Å². The lowest BCUT2D eigenvalue weighted by Crippen LogP contribution is -2.21. The second kappa shape index (κ2) is 4.19. The maximum atomic E-state index is 11.4. The van der Waals surface area contributed by atoms with Gasteiger partial charge in [0.05, 0.1) is 16.7 Å². The van der Waals surface area contributed by atoms with Gasteiger partial charge in [0, 0.05) is 25.0 Å². The van der Waals surface area contributed by atoms with Crippen molar-refractivity contribution in [2.75, 3.05) is 30.0 Å². The minimum Gasteiger partial charge on any atom is -0.398 e. The molecule has 17 heavy (non-hydrogen) atoms. The molecule has 0 spiro atoms. The normalized spacial score (nSPS) is 20.8. The molecular formula is C11H16N2O3S. The van der Waals surface area contributed by atoms with Gasteiger partial charge in [0.2, 0.25) is 0 Å². The van der Waals surface area contributed by atoms with Gasteiger partial charge in [-0.05, 0) is 24.6 Å². The number of nitrogens with two attached hydrogens (primary N) is 1. The van der Waals surface area contributed by atoms with Crippen molar-refractivity contribution >= 4 is 21.2 Å². The van der Waals surface area contributed by atoms with E-state index in [9.17, 15) is 13.5 Å². The number of rotatable bonds is 2. The Labute approximate surface area is 101 Å². The molecule has 1 aliphatic rings. The molecule has 1 fully saturated rings. The molecule has 3 N–H and O–H groups in total. The molecule has 1 atom stereocenters. The summed E-state index contributed by atoms with van der Waals surface area (Å²) in [6, 6.07) is 4.89. The standard InChI is InChI=1S/C11H16N2O3S/c1-17(15,16)11-3-2-8(6-10(11)12)13-5-4-9(14)7-13/h2-3,6,9,14H,4-5,7,12H2,1H3/t9-/m1/s1. The number of hydrogen-bond donors (Lipinski definition) is 2. The molecule has 1 heterocycles. The number of aliphatic hydroxyl groups excluding tert-OH is 1. The Kier molecular flexibility index (Phi) is 3.01. The minimum absolute atomic E-state index is 0.154. The summed E-state index contributed by atoms with van der Waals surface area (Å²) in [7, 11) is -3.28. The topological polar surface area (TPSA) is 83.6 Å². The van der Waals surface area contributed by atoms with Gasteiger partial charge in [0.25, 0.3) is 0 Å². The Morgan fingerprint density at radius 1 is 1.47 bits per heavy atom. The summed E-state index contributed by atoms with van der Waals surface area (Å²) in [6.45, 7) is 1.33. The molecule has 0 aromatic heterocycles. The highest BCUT2D eigenvalue weighted by Crippen LogP contribution is 2.27. The second-order valence-electron chi connectivity index (χ2n) is 4.38. The summed E-state index contributed by atoms with van der Waals surface area (Å²) >= 11 is 0. The average molecular weight is 256 g/mol. The van der Waals surface area contributed by atoms with Crippen LogP contribution in [0, 0.1) is 0 Å². The summed E-state index contributed by atoms with van der Waals surface area (Å²) in [5, 5.41) is 9.45. The average Bonchev–Trinajstić information content (AvgIpc) is 2.62. The van der Waals surface area contributed by atoms with Crippen molar-refractivity contribution in [2.45, 2.75) is 17.4 Å². The predicted molar refractivity (Wildman–Crippen MR) is 66.8 cm³/mol. The predicted octanol–water partition coefficient (Wildman–Crippen LogP) is 0.243. The van der Waals surface area contributed by atoms with Gasteiger partial charge in [-0.1, -0.05) is 0 Å². The molecule has 1 aromatic carbocycles. The number of β-amino-alcohol motifs (C(OH)–C–C–N with tert-alkyl or cyclic N) is 1. The molecule has 1 aliphatic heterocycles. The van der Waals surface area contributed by atoms with Gasteiger partial charge in [0.15, 0.2) is 9.84 Å². The third-order valence-electron chi connectivity index (χ3n) is 2.92. The Balaban J connectivity index is 2.31. The van der Waals surface area contributed by atoms with E-state index >= 15 is 0 Å². The lowest BCUT2D eigenvalue weighted by molar-refractivity contribution is 0.198. The summed E-state index contributed by atoms with van der Waals surface area (Å²) in [5.41, 5.74) is 6.85. The zero-order chi connectivity index (χ0) is 12.6. The monoisotopic (exact) mass is 256 g/mol. The molecule has 0 amide bonds. The lowest BCUT2D eigenvalue weighted by Gasteiger charge is -2.18. The molecular weight excluding hydrogens is 240 g/mol. The highest BCUT2D eigenvalue weighted by Gasteiger charge is 2.21. The van der Waals surface area contributed by atoms with Crippen LogP contribution in [0.2, 0.25) is 0 Å². The van der Waals surface area contributed by atoms with E-state index in [1.807, 2.05) is 4.90 Å². The van der Waals surface area contributed by atoms with Crippen LogP contribution in [0.25, 0.3) is 0 Å². The van der Waals surface area contributed by atoms with Crippen molar-refractivity contribution in [1.29, 1.82) is 0 Å². The molecule has 94 valence electrons. The van der Waals surface area contributed by atoms with Crippen LogP contribution >= 0.6 is 0 Å². The van der Waals surface area contributed by atoms with Crippen molar-refractivity contribution < 1.29 is 13.5 Å². The number of benzene rings is 1. The SMILES string of the molecule is CS(=O)(=O)c1ccc(N2CC[C@@H](O)C2)cc1N. The highest BCUT2D eigenvalue weighted by molar-refractivity contribution is 7.90. The third-order valence-corrected chi connectivity index (χ3v) is 4.09. The first-order valence-electron chi connectivity index (χ1n) is 5.40. The maximum Gasteiger partial charge on any atom is 0.177 e. The molecule has 5 nitrogen and oxygen atoms in total. The lowest BCUT2D eigenvalue weighted by atomic mass is 10.2. The van der Waals surface area contributed by atoms with Gasteiger partial charge < -0.3 is 15.7 Å². The van der Waals surface area contributed by atoms with Gasteiger partial charge in [-0.3, -0.25) is 0 Å². The van der Waals surface area contributed by atoms with Gasteiger partial charge in [-0.15, -0.1) is 0 Å². The molecule has 1 aromatic rings. The van der Waals surface area contributed by atoms with Crippen LogP contribution in [-0.4, -0.2) is 39.0 Å². The summed E-state index contributed by atoms with van der Waals surface area (Å²) < 4.78 is 22.8. The molecule has 0 bridgehead atoms. The second-order valence-corrected chi connectivity index (χ2v) is 6.37. The number of aliphatic hydroxyl groups is 1. The number of nitrogens with zero attached hydrogens (tertiary/aromatic N) is 1. The number of nitrogen functional groups attached to an aromatic ring is 1. The van der Waals surface area contributed by atoms with Crippen molar-refractivity contribution in [3.8, 4) is 0 Å². The summed E-state index contributed by atoms with van der Waals surface area (Å²) in [4.78, 5) is 2.15. The number of anilines is 2. The molecule has 0 saturated carbocycles. The van der Waals surface area contributed by atoms with Crippen LogP contribution in [0.5, 0.6) is 0 Å². The fraction of sp³-hybridized carbons (Fsp3) is 0.455. The Hall–Kier alpha value is -1.27. The van der Waals surface area contributed by atoms with Gasteiger partial charge in [-0.2, -0.15) is 0 Å². The van der Waals surface area contributed by atoms with Crippen LogP contribution < -0.4 is 10.6 Å². The van der Waals surface area contributed by atoms with Crippen molar-refractivity contribution in [2.24, 2.45) is 0 Å². The Morgan fingerprint density at radius 2 is 2.18 bits per heavy atom. The molecule has 2 rings (SSSR count). The fourth-order valence-electron chi connectivity index (χ4n) is 2.05. The van der Waals surface area contributed by atoms with Crippen molar-refractivity contribution in [1.82, 2.24) is 0 Å². The first-order chi connectivity index (χ1) is 7.88. The van der Waals surface area contributed by atoms with Crippen LogP contribution in [-0.2, 0) is 9.84 Å². The van der Waals surface area contributed by atoms with E-state index in [4.69, 9.17) is 5.73 Å². The zero-order valence-corrected chi connectivity index (χ0v) is 10.4. The van der Waals surface area contributed by atoms with E-state index in [-0.39, 0.29) is 16.7 Å².